The average Bonchev–Trinajstić information content (AvgIpc) is 3.05. The van der Waals surface area contributed by atoms with Gasteiger partial charge >= 0.3 is 0 Å². The van der Waals surface area contributed by atoms with E-state index in [9.17, 15) is 8.42 Å². The molecule has 1 aromatic heterocycles. The van der Waals surface area contributed by atoms with E-state index in [0.717, 1.165) is 21.5 Å². The van der Waals surface area contributed by atoms with Gasteiger partial charge in [0.15, 0.2) is 0 Å². The van der Waals surface area contributed by atoms with Gasteiger partial charge in [0.2, 0.25) is 10.0 Å². The van der Waals surface area contributed by atoms with Gasteiger partial charge in [0.25, 0.3) is 0 Å². The Bertz CT molecular complexity index is 543. The molecule has 0 amide bonds. The fraction of sp³-hybridized carbons (Fsp3) is 0.636. The number of likely N-dealkylation sites (N-methyl/N-ethyl adjacent to an activating group) is 1. The number of hydrogen-bond acceptors (Lipinski definition) is 4. The van der Waals surface area contributed by atoms with E-state index in [1.807, 2.05) is 6.92 Å². The van der Waals surface area contributed by atoms with Gasteiger partial charge in [-0.05, 0) is 47.7 Å². The molecule has 0 spiro atoms. The molecule has 0 bridgehead atoms. The van der Waals surface area contributed by atoms with Gasteiger partial charge < -0.3 is 5.73 Å². The Labute approximate surface area is 133 Å². The summed E-state index contributed by atoms with van der Waals surface area (Å²) in [7, 11) is -1.80. The number of rotatable bonds is 5. The summed E-state index contributed by atoms with van der Waals surface area (Å²) in [5.74, 6) is 0.428. The van der Waals surface area contributed by atoms with Gasteiger partial charge in [0.1, 0.15) is 0 Å². The van der Waals surface area contributed by atoms with Crippen molar-refractivity contribution in [3.63, 3.8) is 0 Å². The van der Waals surface area contributed by atoms with Gasteiger partial charge in [-0.1, -0.05) is 0 Å². The van der Waals surface area contributed by atoms with Crippen molar-refractivity contribution in [2.24, 2.45) is 11.7 Å². The van der Waals surface area contributed by atoms with E-state index < -0.39 is 10.0 Å². The lowest BCUT2D eigenvalue weighted by Crippen LogP contribution is -2.43. The average molecular weight is 390 g/mol. The highest BCUT2D eigenvalue weighted by Crippen LogP contribution is 2.38. The molecule has 19 heavy (non-hydrogen) atoms. The highest BCUT2D eigenvalue weighted by atomic mass is 79.9. The van der Waals surface area contributed by atoms with Crippen molar-refractivity contribution >= 4 is 49.7 Å². The van der Waals surface area contributed by atoms with Crippen molar-refractivity contribution in [2.75, 3.05) is 13.6 Å². The van der Waals surface area contributed by atoms with E-state index in [4.69, 9.17) is 5.73 Å². The molecular weight excluding hydrogens is 372 g/mol. The molecule has 0 aromatic carbocycles. The smallest absolute Gasteiger partial charge is 0.244 e. The summed E-state index contributed by atoms with van der Waals surface area (Å²) in [6.07, 6.45) is 2.15. The van der Waals surface area contributed by atoms with Crippen LogP contribution in [0.15, 0.2) is 14.7 Å². The SMILES string of the molecule is Cc1sc(Br)cc1S(=O)(=O)N(C)C(CN)C1CC1.Cl. The highest BCUT2D eigenvalue weighted by molar-refractivity contribution is 9.11. The standard InChI is InChI=1S/C11H17BrN2O2S2.ClH/c1-7-10(5-11(12)17-7)18(15,16)14(2)9(6-13)8-3-4-8;/h5,8-9H,3-4,6,13H2,1-2H3;1H. The molecule has 0 radical (unpaired) electrons. The summed E-state index contributed by atoms with van der Waals surface area (Å²) in [6, 6.07) is 1.60. The van der Waals surface area contributed by atoms with Crippen LogP contribution >= 0.6 is 39.7 Å². The predicted octanol–water partition coefficient (Wildman–Crippen LogP) is 2.60. The Morgan fingerprint density at radius 1 is 1.58 bits per heavy atom. The molecule has 0 saturated heterocycles. The van der Waals surface area contributed by atoms with Gasteiger partial charge in [0.05, 0.1) is 8.68 Å². The van der Waals surface area contributed by atoms with Crippen molar-refractivity contribution in [2.45, 2.75) is 30.7 Å². The maximum Gasteiger partial charge on any atom is 0.244 e. The summed E-state index contributed by atoms with van der Waals surface area (Å²) in [5.41, 5.74) is 5.72. The summed E-state index contributed by atoms with van der Waals surface area (Å²) in [5, 5.41) is 0. The normalized spacial score (nSPS) is 17.3. The lowest BCUT2D eigenvalue weighted by molar-refractivity contribution is 0.340. The summed E-state index contributed by atoms with van der Waals surface area (Å²) >= 11 is 4.77. The van der Waals surface area contributed by atoms with Gasteiger partial charge in [-0.3, -0.25) is 0 Å². The quantitative estimate of drug-likeness (QED) is 0.842. The topological polar surface area (TPSA) is 63.4 Å². The lowest BCUT2D eigenvalue weighted by Gasteiger charge is -2.26. The lowest BCUT2D eigenvalue weighted by atomic mass is 10.2. The molecule has 1 fully saturated rings. The molecule has 1 aromatic rings. The molecule has 4 nitrogen and oxygen atoms in total. The van der Waals surface area contributed by atoms with E-state index >= 15 is 0 Å². The molecule has 8 heteroatoms. The first-order valence-electron chi connectivity index (χ1n) is 5.82. The Kier molecular flexibility index (Phi) is 5.86. The van der Waals surface area contributed by atoms with Crippen LogP contribution in [0.3, 0.4) is 0 Å². The molecule has 1 aliphatic carbocycles. The van der Waals surface area contributed by atoms with Crippen molar-refractivity contribution in [3.05, 3.63) is 14.7 Å². The fourth-order valence-corrected chi connectivity index (χ4v) is 5.95. The second kappa shape index (κ2) is 6.41. The Hall–Kier alpha value is 0.340. The third kappa shape index (κ3) is 3.51. The van der Waals surface area contributed by atoms with Crippen molar-refractivity contribution in [3.8, 4) is 0 Å². The minimum atomic E-state index is -3.43. The molecule has 1 heterocycles. The number of halogens is 2. The zero-order valence-electron chi connectivity index (χ0n) is 10.8. The maximum atomic E-state index is 12.6. The van der Waals surface area contributed by atoms with Gasteiger partial charge in [0, 0.05) is 24.5 Å². The molecule has 2 N–H and O–H groups in total. The molecule has 0 aliphatic heterocycles. The number of aryl methyl sites for hydroxylation is 1. The summed E-state index contributed by atoms with van der Waals surface area (Å²) < 4.78 is 27.4. The van der Waals surface area contributed by atoms with Gasteiger partial charge in [-0.15, -0.1) is 23.7 Å². The van der Waals surface area contributed by atoms with Gasteiger partial charge in [-0.25, -0.2) is 8.42 Å². The summed E-state index contributed by atoms with van der Waals surface area (Å²) in [6.45, 7) is 2.20. The second-order valence-corrected chi connectivity index (χ2v) is 9.23. The monoisotopic (exact) mass is 388 g/mol. The van der Waals surface area contributed by atoms with Crippen LogP contribution in [0.4, 0.5) is 0 Å². The van der Waals surface area contributed by atoms with Crippen LogP contribution in [0.25, 0.3) is 0 Å². The van der Waals surface area contributed by atoms with Crippen LogP contribution in [0.1, 0.15) is 17.7 Å². The predicted molar refractivity (Wildman–Crippen MR) is 84.5 cm³/mol. The largest absolute Gasteiger partial charge is 0.329 e. The fourth-order valence-electron chi connectivity index (χ4n) is 2.14. The third-order valence-electron chi connectivity index (χ3n) is 3.37. The summed E-state index contributed by atoms with van der Waals surface area (Å²) in [4.78, 5) is 1.20. The number of sulfonamides is 1. The molecular formula is C11H18BrClN2O2S2. The van der Waals surface area contributed by atoms with Crippen LogP contribution in [-0.4, -0.2) is 32.4 Å². The molecule has 1 unspecified atom stereocenters. The van der Waals surface area contributed by atoms with E-state index in [2.05, 4.69) is 15.9 Å². The number of nitrogens with two attached hydrogens (primary N) is 1. The molecule has 1 aliphatic rings. The van der Waals surface area contributed by atoms with Gasteiger partial charge in [-0.2, -0.15) is 4.31 Å². The number of nitrogens with zero attached hydrogens (tertiary/aromatic N) is 1. The zero-order chi connectivity index (χ0) is 13.5. The minimum absolute atomic E-state index is 0. The minimum Gasteiger partial charge on any atom is -0.329 e. The Balaban J connectivity index is 0.00000180. The van der Waals surface area contributed by atoms with Crippen molar-refractivity contribution in [1.82, 2.24) is 4.31 Å². The first-order valence-corrected chi connectivity index (χ1v) is 8.87. The van der Waals surface area contributed by atoms with Crippen molar-refractivity contribution in [1.29, 1.82) is 0 Å². The molecule has 2 rings (SSSR count). The van der Waals surface area contributed by atoms with Crippen LogP contribution in [-0.2, 0) is 10.0 Å². The highest BCUT2D eigenvalue weighted by Gasteiger charge is 2.38. The van der Waals surface area contributed by atoms with Crippen LogP contribution in [0.5, 0.6) is 0 Å². The second-order valence-electron chi connectivity index (χ2n) is 4.63. The van der Waals surface area contributed by atoms with Crippen LogP contribution < -0.4 is 5.73 Å². The van der Waals surface area contributed by atoms with Crippen LogP contribution in [0.2, 0.25) is 0 Å². The first-order chi connectivity index (χ1) is 8.37. The van der Waals surface area contributed by atoms with Crippen molar-refractivity contribution < 1.29 is 8.42 Å². The number of hydrogen-bond donors (Lipinski definition) is 1. The molecule has 1 saturated carbocycles. The van der Waals surface area contributed by atoms with E-state index in [0.29, 0.717) is 17.4 Å². The van der Waals surface area contributed by atoms with Crippen LogP contribution in [0, 0.1) is 12.8 Å². The van der Waals surface area contributed by atoms with E-state index in [1.54, 1.807) is 13.1 Å². The van der Waals surface area contributed by atoms with E-state index in [-0.39, 0.29) is 18.4 Å². The first kappa shape index (κ1) is 17.4. The number of thiophene rings is 1. The Morgan fingerprint density at radius 3 is 2.53 bits per heavy atom. The Morgan fingerprint density at radius 2 is 2.16 bits per heavy atom. The zero-order valence-corrected chi connectivity index (χ0v) is 14.8. The maximum absolute atomic E-state index is 12.6. The third-order valence-corrected chi connectivity index (χ3v) is 7.07. The van der Waals surface area contributed by atoms with E-state index in [1.165, 1.54) is 15.6 Å². The molecule has 110 valence electrons. The molecule has 1 atom stereocenters.